The van der Waals surface area contributed by atoms with E-state index in [1.165, 1.54) is 11.1 Å². The first-order valence-electron chi connectivity index (χ1n) is 9.38. The highest BCUT2D eigenvalue weighted by Crippen LogP contribution is 2.42. The highest BCUT2D eigenvalue weighted by atomic mass is 35.5. The van der Waals surface area contributed by atoms with Crippen LogP contribution < -0.4 is 0 Å². The fourth-order valence-corrected chi connectivity index (χ4v) is 4.10. The molecule has 1 saturated carbocycles. The van der Waals surface area contributed by atoms with Crippen LogP contribution in [0.4, 0.5) is 0 Å². The minimum absolute atomic E-state index is 0. The minimum Gasteiger partial charge on any atom is -0.508 e. The van der Waals surface area contributed by atoms with E-state index in [0.717, 1.165) is 36.9 Å². The third-order valence-corrected chi connectivity index (χ3v) is 5.29. The number of allylic oxidation sites excluding steroid dienone is 1. The van der Waals surface area contributed by atoms with Crippen LogP contribution in [0.25, 0.3) is 6.08 Å². The largest absolute Gasteiger partial charge is 0.508 e. The Bertz CT molecular complexity index is 772. The van der Waals surface area contributed by atoms with Gasteiger partial charge < -0.3 is 15.1 Å². The number of phenols is 1. The lowest BCUT2D eigenvalue weighted by atomic mass is 9.73. The van der Waals surface area contributed by atoms with Gasteiger partial charge in [-0.3, -0.25) is 0 Å². The molecule has 0 radical (unpaired) electrons. The van der Waals surface area contributed by atoms with Crippen LogP contribution in [0.2, 0.25) is 0 Å². The molecule has 0 bridgehead atoms. The Labute approximate surface area is 168 Å². The van der Waals surface area contributed by atoms with Crippen LogP contribution in [-0.4, -0.2) is 35.8 Å². The number of nitrogens with zero attached hydrogens (tertiary/aromatic N) is 1. The molecule has 1 aliphatic carbocycles. The van der Waals surface area contributed by atoms with Crippen LogP contribution in [0, 0.1) is 5.92 Å². The van der Waals surface area contributed by atoms with Crippen LogP contribution >= 0.6 is 12.4 Å². The molecule has 1 fully saturated rings. The lowest BCUT2D eigenvalue weighted by Gasteiger charge is -2.35. The van der Waals surface area contributed by atoms with E-state index in [0.29, 0.717) is 17.6 Å². The van der Waals surface area contributed by atoms with E-state index < -0.39 is 0 Å². The molecule has 0 spiro atoms. The number of hydrogen-bond acceptors (Lipinski definition) is 3. The Morgan fingerprint density at radius 3 is 2.59 bits per heavy atom. The highest BCUT2D eigenvalue weighted by Gasteiger charge is 2.29. The predicted octanol–water partition coefficient (Wildman–Crippen LogP) is 4.84. The molecule has 4 heteroatoms. The zero-order chi connectivity index (χ0) is 18.5. The van der Waals surface area contributed by atoms with Gasteiger partial charge in [-0.1, -0.05) is 42.0 Å². The van der Waals surface area contributed by atoms with E-state index in [4.69, 9.17) is 0 Å². The Morgan fingerprint density at radius 2 is 1.89 bits per heavy atom. The average molecular weight is 388 g/mol. The maximum atomic E-state index is 9.92. The molecular weight excluding hydrogens is 358 g/mol. The van der Waals surface area contributed by atoms with Crippen molar-refractivity contribution >= 4 is 18.5 Å². The van der Waals surface area contributed by atoms with Gasteiger partial charge in [-0.25, -0.2) is 0 Å². The van der Waals surface area contributed by atoms with Gasteiger partial charge in [-0.2, -0.15) is 0 Å². The van der Waals surface area contributed by atoms with Crippen molar-refractivity contribution in [3.05, 3.63) is 70.8 Å². The summed E-state index contributed by atoms with van der Waals surface area (Å²) in [5.74, 6) is 1.36. The zero-order valence-electron chi connectivity index (χ0n) is 16.1. The molecule has 146 valence electrons. The van der Waals surface area contributed by atoms with Crippen LogP contribution in [0.15, 0.2) is 54.1 Å². The molecule has 0 aromatic heterocycles. The molecule has 2 aromatic carbocycles. The molecular formula is C23H30ClNO2. The van der Waals surface area contributed by atoms with Crippen molar-refractivity contribution in [2.24, 2.45) is 5.92 Å². The fourth-order valence-electron chi connectivity index (χ4n) is 4.10. The molecule has 3 nitrogen and oxygen atoms in total. The topological polar surface area (TPSA) is 43.7 Å². The number of aliphatic hydroxyl groups is 1. The number of aromatic hydroxyl groups is 1. The molecule has 2 atom stereocenters. The summed E-state index contributed by atoms with van der Waals surface area (Å²) in [6, 6.07) is 15.9. The summed E-state index contributed by atoms with van der Waals surface area (Å²) in [7, 11) is 4.26. The van der Waals surface area contributed by atoms with E-state index in [-0.39, 0.29) is 19.0 Å². The molecule has 0 amide bonds. The van der Waals surface area contributed by atoms with Gasteiger partial charge in [0.2, 0.25) is 0 Å². The molecule has 1 aliphatic rings. The Kier molecular flexibility index (Phi) is 7.91. The number of aliphatic hydroxyl groups excluding tert-OH is 1. The second kappa shape index (κ2) is 9.93. The average Bonchev–Trinajstić information content (AvgIpc) is 2.63. The van der Waals surface area contributed by atoms with Gasteiger partial charge in [0.1, 0.15) is 5.75 Å². The first kappa shape index (κ1) is 21.5. The van der Waals surface area contributed by atoms with Crippen molar-refractivity contribution in [2.45, 2.75) is 31.8 Å². The quantitative estimate of drug-likeness (QED) is 0.771. The van der Waals surface area contributed by atoms with Crippen molar-refractivity contribution in [3.63, 3.8) is 0 Å². The van der Waals surface area contributed by atoms with Crippen LogP contribution in [0.3, 0.4) is 0 Å². The molecule has 0 saturated heterocycles. The first-order chi connectivity index (χ1) is 12.5. The lowest BCUT2D eigenvalue weighted by molar-refractivity contribution is 0.256. The summed E-state index contributed by atoms with van der Waals surface area (Å²) >= 11 is 0. The van der Waals surface area contributed by atoms with Gasteiger partial charge in [0.05, 0.1) is 6.61 Å². The Balaban J connectivity index is 0.00000261. The van der Waals surface area contributed by atoms with Crippen LogP contribution in [0.1, 0.15) is 41.9 Å². The van der Waals surface area contributed by atoms with E-state index in [1.807, 2.05) is 24.3 Å². The number of hydrogen-bond donors (Lipinski definition) is 2. The van der Waals surface area contributed by atoms with Crippen LogP contribution in [-0.2, 0) is 6.61 Å². The zero-order valence-corrected chi connectivity index (χ0v) is 17.0. The van der Waals surface area contributed by atoms with E-state index >= 15 is 0 Å². The molecule has 0 heterocycles. The Morgan fingerprint density at radius 1 is 1.11 bits per heavy atom. The molecule has 0 unspecified atom stereocenters. The smallest absolute Gasteiger partial charge is 0.115 e. The van der Waals surface area contributed by atoms with Gasteiger partial charge in [-0.05, 0) is 80.1 Å². The number of rotatable bonds is 5. The standard InChI is InChI=1S/C23H29NO2.ClH/c1-24(2)15-21-10-9-18(11-17-5-3-6-19(12-17)16-25)13-23(21)20-7-4-8-22(26)14-20;/h3-8,11-12,14,21,23,25-26H,9-10,13,15-16H2,1-2H3;1H/b18-11+;/t21-,23-;/m0./s1. The first-order valence-corrected chi connectivity index (χ1v) is 9.38. The van der Waals surface area contributed by atoms with Gasteiger partial charge in [-0.15, -0.1) is 12.4 Å². The number of halogens is 1. The Hall–Kier alpha value is -1.81. The fraction of sp³-hybridized carbons (Fsp3) is 0.391. The summed E-state index contributed by atoms with van der Waals surface area (Å²) in [4.78, 5) is 2.26. The summed E-state index contributed by atoms with van der Waals surface area (Å²) in [5.41, 5.74) is 4.78. The van der Waals surface area contributed by atoms with E-state index in [1.54, 1.807) is 6.07 Å². The van der Waals surface area contributed by atoms with E-state index in [2.05, 4.69) is 43.3 Å². The summed E-state index contributed by atoms with van der Waals surface area (Å²) in [6.07, 6.45) is 5.56. The van der Waals surface area contributed by atoms with Crippen LogP contribution in [0.5, 0.6) is 5.75 Å². The normalized spacial score (nSPS) is 21.3. The van der Waals surface area contributed by atoms with Crippen molar-refractivity contribution in [3.8, 4) is 5.75 Å². The summed E-state index contributed by atoms with van der Waals surface area (Å²) < 4.78 is 0. The molecule has 27 heavy (non-hydrogen) atoms. The van der Waals surface area contributed by atoms with Crippen molar-refractivity contribution in [1.29, 1.82) is 0 Å². The van der Waals surface area contributed by atoms with Gasteiger partial charge >= 0.3 is 0 Å². The molecule has 2 aromatic rings. The monoisotopic (exact) mass is 387 g/mol. The minimum atomic E-state index is 0. The van der Waals surface area contributed by atoms with Gasteiger partial charge in [0, 0.05) is 6.54 Å². The maximum absolute atomic E-state index is 9.92. The molecule has 0 aliphatic heterocycles. The second-order valence-corrected chi connectivity index (χ2v) is 7.67. The van der Waals surface area contributed by atoms with Crippen molar-refractivity contribution < 1.29 is 10.2 Å². The number of phenolic OH excluding ortho intramolecular Hbond substituents is 1. The van der Waals surface area contributed by atoms with Crippen molar-refractivity contribution in [2.75, 3.05) is 20.6 Å². The van der Waals surface area contributed by atoms with Gasteiger partial charge in [0.25, 0.3) is 0 Å². The van der Waals surface area contributed by atoms with Gasteiger partial charge in [0.15, 0.2) is 0 Å². The van der Waals surface area contributed by atoms with Crippen molar-refractivity contribution in [1.82, 2.24) is 4.90 Å². The molecule has 2 N–H and O–H groups in total. The highest BCUT2D eigenvalue weighted by molar-refractivity contribution is 5.85. The SMILES string of the molecule is CN(C)C[C@@H]1CC/C(=C\c2cccc(CO)c2)C[C@H]1c1cccc(O)c1.Cl. The molecule has 3 rings (SSSR count). The third kappa shape index (κ3) is 5.83. The van der Waals surface area contributed by atoms with E-state index in [9.17, 15) is 10.2 Å². The predicted molar refractivity (Wildman–Crippen MR) is 114 cm³/mol. The third-order valence-electron chi connectivity index (χ3n) is 5.29. The lowest BCUT2D eigenvalue weighted by Crippen LogP contribution is -2.29. The summed E-state index contributed by atoms with van der Waals surface area (Å²) in [6.45, 7) is 1.14. The second-order valence-electron chi connectivity index (χ2n) is 7.67. The summed E-state index contributed by atoms with van der Waals surface area (Å²) in [5, 5.41) is 19.3. The maximum Gasteiger partial charge on any atom is 0.115 e. The number of benzene rings is 2.